The van der Waals surface area contributed by atoms with Crippen LogP contribution in [0.2, 0.25) is 0 Å². The van der Waals surface area contributed by atoms with Crippen molar-refractivity contribution in [3.05, 3.63) is 62.6 Å². The monoisotopic (exact) mass is 328 g/mol. The van der Waals surface area contributed by atoms with Gasteiger partial charge in [0.1, 0.15) is 11.2 Å². The molecule has 0 bridgehead atoms. The van der Waals surface area contributed by atoms with Crippen LogP contribution in [0.25, 0.3) is 21.9 Å². The van der Waals surface area contributed by atoms with Gasteiger partial charge >= 0.3 is 11.8 Å². The number of ether oxygens (including phenoxy) is 1. The van der Waals surface area contributed by atoms with Crippen molar-refractivity contribution in [2.24, 2.45) is 0 Å². The quantitative estimate of drug-likeness (QED) is 0.341. The summed E-state index contributed by atoms with van der Waals surface area (Å²) in [5.41, 5.74) is 0.433. The molecule has 122 valence electrons. The fourth-order valence-electron chi connectivity index (χ4n) is 2.58. The standard InChI is InChI=1S/C17H12O7/c1-3-4-9-15-10(8(2)5-13(19)22-15)6-11-12(18)7-14(23-16(9)11)24-17(20)21/h3,5-7H,1,4H2,2H3,(H,20,21). The van der Waals surface area contributed by atoms with Crippen LogP contribution in [-0.2, 0) is 6.42 Å². The molecule has 0 spiro atoms. The SMILES string of the molecule is C=CCc1c2oc(=O)cc(C)c2cc2c(=O)cc(OC(=O)O)oc12. The van der Waals surface area contributed by atoms with E-state index >= 15 is 0 Å². The predicted octanol–water partition coefficient (Wildman–Crippen LogP) is 2.99. The second-order valence-electron chi connectivity index (χ2n) is 5.15. The predicted molar refractivity (Wildman–Crippen MR) is 85.8 cm³/mol. The van der Waals surface area contributed by atoms with Gasteiger partial charge in [-0.2, -0.15) is 0 Å². The van der Waals surface area contributed by atoms with Crippen molar-refractivity contribution in [3.8, 4) is 5.95 Å². The Kier molecular flexibility index (Phi) is 3.69. The lowest BCUT2D eigenvalue weighted by atomic mass is 10.0. The second-order valence-corrected chi connectivity index (χ2v) is 5.15. The molecule has 7 heteroatoms. The van der Waals surface area contributed by atoms with Gasteiger partial charge in [-0.15, -0.1) is 6.58 Å². The molecule has 0 unspecified atom stereocenters. The number of aryl methyl sites for hydroxylation is 1. The van der Waals surface area contributed by atoms with Crippen LogP contribution in [0.4, 0.5) is 4.79 Å². The van der Waals surface area contributed by atoms with Gasteiger partial charge in [-0.25, -0.2) is 9.59 Å². The van der Waals surface area contributed by atoms with E-state index in [2.05, 4.69) is 11.3 Å². The smallest absolute Gasteiger partial charge is 0.449 e. The summed E-state index contributed by atoms with van der Waals surface area (Å²) in [6.45, 7) is 5.37. The van der Waals surface area contributed by atoms with E-state index < -0.39 is 23.2 Å². The second kappa shape index (κ2) is 5.69. The number of benzene rings is 1. The van der Waals surface area contributed by atoms with E-state index in [0.717, 1.165) is 6.07 Å². The molecule has 0 saturated heterocycles. The van der Waals surface area contributed by atoms with Crippen LogP contribution in [0.1, 0.15) is 11.1 Å². The molecule has 0 aliphatic carbocycles. The summed E-state index contributed by atoms with van der Waals surface area (Å²) >= 11 is 0. The normalized spacial score (nSPS) is 10.9. The summed E-state index contributed by atoms with van der Waals surface area (Å²) in [4.78, 5) is 34.7. The van der Waals surface area contributed by atoms with Crippen molar-refractivity contribution in [1.82, 2.24) is 0 Å². The molecule has 3 rings (SSSR count). The number of allylic oxidation sites excluding steroid dienone is 1. The van der Waals surface area contributed by atoms with Crippen LogP contribution < -0.4 is 15.8 Å². The first-order valence-corrected chi connectivity index (χ1v) is 6.96. The Morgan fingerprint density at radius 3 is 2.58 bits per heavy atom. The highest BCUT2D eigenvalue weighted by Gasteiger charge is 2.17. The van der Waals surface area contributed by atoms with Gasteiger partial charge < -0.3 is 18.7 Å². The van der Waals surface area contributed by atoms with E-state index in [1.165, 1.54) is 6.07 Å². The van der Waals surface area contributed by atoms with E-state index in [-0.39, 0.29) is 23.0 Å². The fourth-order valence-corrected chi connectivity index (χ4v) is 2.58. The molecule has 1 aromatic carbocycles. The van der Waals surface area contributed by atoms with Crippen molar-refractivity contribution in [1.29, 1.82) is 0 Å². The van der Waals surface area contributed by atoms with Crippen molar-refractivity contribution in [2.75, 3.05) is 0 Å². The highest BCUT2D eigenvalue weighted by molar-refractivity contribution is 5.98. The molecule has 0 radical (unpaired) electrons. The minimum absolute atomic E-state index is 0.0971. The lowest BCUT2D eigenvalue weighted by Gasteiger charge is -2.09. The molecular formula is C17H12O7. The average molecular weight is 328 g/mol. The van der Waals surface area contributed by atoms with Crippen LogP contribution in [0.3, 0.4) is 0 Å². The van der Waals surface area contributed by atoms with Crippen molar-refractivity contribution < 1.29 is 23.5 Å². The molecule has 0 atom stereocenters. The number of hydrogen-bond acceptors (Lipinski definition) is 6. The molecule has 0 aliphatic rings. The molecule has 0 saturated carbocycles. The molecule has 3 aromatic rings. The van der Waals surface area contributed by atoms with Gasteiger partial charge in [0, 0.05) is 17.0 Å². The molecule has 2 aromatic heterocycles. The summed E-state index contributed by atoms with van der Waals surface area (Å²) in [6.07, 6.45) is 0.201. The molecule has 7 nitrogen and oxygen atoms in total. The zero-order valence-corrected chi connectivity index (χ0v) is 12.6. The van der Waals surface area contributed by atoms with Gasteiger partial charge in [0.2, 0.25) is 0 Å². The van der Waals surface area contributed by atoms with Gasteiger partial charge in [-0.1, -0.05) is 6.08 Å². The summed E-state index contributed by atoms with van der Waals surface area (Å²) < 4.78 is 15.1. The maximum absolute atomic E-state index is 12.3. The molecule has 0 fully saturated rings. The Bertz CT molecular complexity index is 1100. The van der Waals surface area contributed by atoms with Crippen LogP contribution in [0.15, 0.2) is 49.3 Å². The topological polar surface area (TPSA) is 107 Å². The van der Waals surface area contributed by atoms with E-state index in [1.807, 2.05) is 0 Å². The van der Waals surface area contributed by atoms with Crippen molar-refractivity contribution in [2.45, 2.75) is 13.3 Å². The summed E-state index contributed by atoms with van der Waals surface area (Å²) in [5.74, 6) is -0.459. The van der Waals surface area contributed by atoms with Crippen LogP contribution in [0.5, 0.6) is 5.95 Å². The lowest BCUT2D eigenvalue weighted by molar-refractivity contribution is 0.133. The zero-order valence-electron chi connectivity index (χ0n) is 12.6. The molecule has 2 heterocycles. The van der Waals surface area contributed by atoms with Gasteiger partial charge in [0.15, 0.2) is 5.43 Å². The maximum Gasteiger partial charge on any atom is 0.513 e. The zero-order chi connectivity index (χ0) is 17.4. The number of hydrogen-bond donors (Lipinski definition) is 1. The summed E-state index contributed by atoms with van der Waals surface area (Å²) in [7, 11) is 0. The highest BCUT2D eigenvalue weighted by Crippen LogP contribution is 2.30. The molecule has 0 amide bonds. The van der Waals surface area contributed by atoms with Gasteiger partial charge in [0.05, 0.1) is 11.5 Å². The van der Waals surface area contributed by atoms with Gasteiger partial charge in [-0.3, -0.25) is 4.79 Å². The average Bonchev–Trinajstić information content (AvgIpc) is 2.48. The Balaban J connectivity index is 2.51. The Morgan fingerprint density at radius 2 is 1.92 bits per heavy atom. The number of fused-ring (bicyclic) bond motifs is 2. The fraction of sp³-hybridized carbons (Fsp3) is 0.118. The van der Waals surface area contributed by atoms with E-state index in [1.54, 1.807) is 19.1 Å². The van der Waals surface area contributed by atoms with Gasteiger partial charge in [-0.05, 0) is 25.0 Å². The Hall–Kier alpha value is -3.35. The molecule has 24 heavy (non-hydrogen) atoms. The minimum atomic E-state index is -1.61. The van der Waals surface area contributed by atoms with E-state index in [4.69, 9.17) is 13.9 Å². The maximum atomic E-state index is 12.3. The summed E-state index contributed by atoms with van der Waals surface area (Å²) in [5, 5.41) is 9.51. The third-order valence-electron chi connectivity index (χ3n) is 3.54. The van der Waals surface area contributed by atoms with Crippen molar-refractivity contribution in [3.63, 3.8) is 0 Å². The minimum Gasteiger partial charge on any atom is -0.449 e. The number of carbonyl (C=O) groups is 1. The van der Waals surface area contributed by atoms with Crippen LogP contribution in [0, 0.1) is 6.92 Å². The third-order valence-corrected chi connectivity index (χ3v) is 3.54. The van der Waals surface area contributed by atoms with E-state index in [0.29, 0.717) is 16.5 Å². The number of carboxylic acid groups (broad SMARTS) is 1. The highest BCUT2D eigenvalue weighted by atomic mass is 16.7. The first kappa shape index (κ1) is 15.5. The lowest BCUT2D eigenvalue weighted by Crippen LogP contribution is -2.09. The molecular weight excluding hydrogens is 316 g/mol. The molecule has 0 aliphatic heterocycles. The third kappa shape index (κ3) is 2.56. The van der Waals surface area contributed by atoms with Crippen LogP contribution in [-0.4, -0.2) is 11.3 Å². The largest absolute Gasteiger partial charge is 0.513 e. The van der Waals surface area contributed by atoms with Crippen molar-refractivity contribution >= 4 is 28.1 Å². The first-order valence-electron chi connectivity index (χ1n) is 6.96. The van der Waals surface area contributed by atoms with Gasteiger partial charge in [0.25, 0.3) is 5.95 Å². The molecule has 1 N–H and O–H groups in total. The first-order chi connectivity index (χ1) is 11.4. The number of rotatable bonds is 3. The Labute approximate surface area is 134 Å². The Morgan fingerprint density at radius 1 is 1.21 bits per heavy atom. The van der Waals surface area contributed by atoms with Crippen LogP contribution >= 0.6 is 0 Å². The summed E-state index contributed by atoms with van der Waals surface area (Å²) in [6, 6.07) is 3.83. The van der Waals surface area contributed by atoms with E-state index in [9.17, 15) is 14.4 Å².